The molecule has 16 aromatic rings. The van der Waals surface area contributed by atoms with E-state index >= 15 is 0 Å². The van der Waals surface area contributed by atoms with Crippen LogP contribution in [0.15, 0.2) is 309 Å². The summed E-state index contributed by atoms with van der Waals surface area (Å²) >= 11 is 0. The van der Waals surface area contributed by atoms with Crippen LogP contribution >= 0.6 is 0 Å². The van der Waals surface area contributed by atoms with Crippen LogP contribution in [-0.2, 0) is 5.41 Å². The van der Waals surface area contributed by atoms with E-state index in [1.165, 1.54) is 66.3 Å². The predicted octanol–water partition coefficient (Wildman–Crippen LogP) is 20.4. The van der Waals surface area contributed by atoms with E-state index in [9.17, 15) is 0 Å². The molecule has 0 saturated heterocycles. The van der Waals surface area contributed by atoms with Gasteiger partial charge in [0.1, 0.15) is 0 Å². The first-order chi connectivity index (χ1) is 43.1. The Morgan fingerprint density at radius 3 is 1.31 bits per heavy atom. The normalized spacial score (nSPS) is 12.7. The summed E-state index contributed by atoms with van der Waals surface area (Å²) in [4.78, 5) is 16.7. The van der Waals surface area contributed by atoms with Crippen molar-refractivity contribution in [2.24, 2.45) is 0 Å². The number of fused-ring (bicyclic) bond motifs is 17. The van der Waals surface area contributed by atoms with Crippen molar-refractivity contribution >= 4 is 43.6 Å². The summed E-state index contributed by atoms with van der Waals surface area (Å²) in [6.07, 6.45) is 0. The lowest BCUT2D eigenvalue weighted by Gasteiger charge is -2.30. The number of rotatable bonds is 8. The van der Waals surface area contributed by atoms with Crippen molar-refractivity contribution in [2.75, 3.05) is 0 Å². The molecule has 13 aromatic carbocycles. The summed E-state index contributed by atoms with van der Waals surface area (Å²) in [5.74, 6) is 1.72. The van der Waals surface area contributed by atoms with E-state index in [1.54, 1.807) is 0 Å². The molecule has 0 aliphatic heterocycles. The monoisotopic (exact) mass is 1110 g/mol. The first-order valence-corrected chi connectivity index (χ1v) is 29.8. The molecule has 0 bridgehead atoms. The van der Waals surface area contributed by atoms with E-state index in [1.807, 2.05) is 6.07 Å². The summed E-state index contributed by atoms with van der Waals surface area (Å²) in [5, 5.41) is 4.66. The molecule has 87 heavy (non-hydrogen) atoms. The predicted molar refractivity (Wildman–Crippen MR) is 357 cm³/mol. The van der Waals surface area contributed by atoms with Gasteiger partial charge in [0.2, 0.25) is 5.95 Å². The van der Waals surface area contributed by atoms with E-state index in [0.29, 0.717) is 17.6 Å². The Balaban J connectivity index is 0.893. The highest BCUT2D eigenvalue weighted by atomic mass is 15.2. The lowest BCUT2D eigenvalue weighted by molar-refractivity contribution is 0.794. The van der Waals surface area contributed by atoms with Gasteiger partial charge in [-0.3, -0.25) is 4.57 Å². The second kappa shape index (κ2) is 19.3. The Morgan fingerprint density at radius 2 is 0.678 bits per heavy atom. The van der Waals surface area contributed by atoms with Crippen LogP contribution in [0.1, 0.15) is 22.3 Å². The zero-order chi connectivity index (χ0) is 57.2. The van der Waals surface area contributed by atoms with Crippen LogP contribution in [0, 0.1) is 0 Å². The lowest BCUT2D eigenvalue weighted by atomic mass is 9.70. The quantitative estimate of drug-likeness (QED) is 0.152. The molecule has 0 fully saturated rings. The maximum atomic E-state index is 5.69. The molecule has 5 nitrogen and oxygen atoms in total. The third-order valence-corrected chi connectivity index (χ3v) is 18.4. The molecule has 3 aromatic heterocycles. The van der Waals surface area contributed by atoms with Crippen LogP contribution < -0.4 is 0 Å². The summed E-state index contributed by atoms with van der Waals surface area (Å²) in [6.45, 7) is 0. The number of hydrogen-bond acceptors (Lipinski definition) is 3. The van der Waals surface area contributed by atoms with Crippen LogP contribution in [0.5, 0.6) is 0 Å². The SMILES string of the molecule is c1ccc(-c2cc(-c3ccccc3)cc(-c3cccc(-c4nc(-c5ccccc5)nc(-n5c6ccc(-c7ccc8c(c7)c7ccccc7n8-c7ccccc7)cc6c6ccc7c(c65)-c5ccccc5C75c6ccccc6-c6ccccc65)n4)c3)c2)cc1. The van der Waals surface area contributed by atoms with Gasteiger partial charge in [0.05, 0.1) is 27.5 Å². The molecule has 0 atom stereocenters. The third-order valence-electron chi connectivity index (χ3n) is 18.4. The molecule has 0 unspecified atom stereocenters. The minimum atomic E-state index is -0.563. The second-order valence-electron chi connectivity index (χ2n) is 23.0. The Hall–Kier alpha value is -11.5. The Labute approximate surface area is 503 Å². The highest BCUT2D eigenvalue weighted by Gasteiger charge is 2.52. The molecule has 0 N–H and O–H groups in total. The molecule has 3 heterocycles. The van der Waals surface area contributed by atoms with E-state index in [2.05, 4.69) is 312 Å². The number of aromatic nitrogens is 5. The molecule has 0 saturated carbocycles. The summed E-state index contributed by atoms with van der Waals surface area (Å²) < 4.78 is 4.73. The average molecular weight is 1110 g/mol. The Morgan fingerprint density at radius 1 is 0.241 bits per heavy atom. The van der Waals surface area contributed by atoms with Gasteiger partial charge in [-0.05, 0) is 150 Å². The Bertz CT molecular complexity index is 5350. The molecule has 2 aliphatic rings. The summed E-state index contributed by atoms with van der Waals surface area (Å²) in [5.41, 5.74) is 25.9. The zero-order valence-corrected chi connectivity index (χ0v) is 47.2. The molecular weight excluding hydrogens is 1050 g/mol. The van der Waals surface area contributed by atoms with Gasteiger partial charge >= 0.3 is 0 Å². The van der Waals surface area contributed by atoms with Gasteiger partial charge in [-0.2, -0.15) is 9.97 Å². The lowest BCUT2D eigenvalue weighted by Crippen LogP contribution is -2.25. The first kappa shape index (κ1) is 48.9. The zero-order valence-electron chi connectivity index (χ0n) is 47.2. The summed E-state index contributed by atoms with van der Waals surface area (Å²) in [7, 11) is 0. The molecule has 18 rings (SSSR count). The molecule has 5 heteroatoms. The average Bonchev–Trinajstić information content (AvgIpc) is 1.61. The molecule has 404 valence electrons. The van der Waals surface area contributed by atoms with Gasteiger partial charge in [-0.15, -0.1) is 0 Å². The van der Waals surface area contributed by atoms with Gasteiger partial charge in [-0.1, -0.05) is 243 Å². The van der Waals surface area contributed by atoms with Gasteiger partial charge in [0.15, 0.2) is 11.6 Å². The molecule has 2 aliphatic carbocycles. The second-order valence-corrected chi connectivity index (χ2v) is 23.0. The van der Waals surface area contributed by atoms with Gasteiger partial charge in [0.25, 0.3) is 0 Å². The fourth-order valence-electron chi connectivity index (χ4n) is 14.6. The number of hydrogen-bond donors (Lipinski definition) is 0. The standard InChI is InChI=1S/C82H51N5/c1-5-22-52(23-6-1)59-47-60(53-24-7-2-8-25-53)49-61(48-59)55-28-21-29-58(46-55)80-83-79(54-26-9-3-10-27-54)84-81(85-80)87-76-45-41-57(56-40-44-75-68(50-56)65-34-16-20-39-74(65)86(75)62-30-11-4-12-31-62)51-69(76)66-42-43-73-77(78(66)87)67-35-15-19-38-72(67)82(73)70-36-17-13-32-63(70)64-33-14-18-37-71(64)82/h1-51H. The number of benzene rings is 13. The minimum absolute atomic E-state index is 0.545. The van der Waals surface area contributed by atoms with Crippen molar-refractivity contribution in [2.45, 2.75) is 5.41 Å². The molecular formula is C82H51N5. The van der Waals surface area contributed by atoms with Gasteiger partial charge in [0, 0.05) is 43.9 Å². The fraction of sp³-hybridized carbons (Fsp3) is 0.0122. The minimum Gasteiger partial charge on any atom is -0.309 e. The highest BCUT2D eigenvalue weighted by molar-refractivity contribution is 6.18. The van der Waals surface area contributed by atoms with Crippen molar-refractivity contribution < 1.29 is 0 Å². The van der Waals surface area contributed by atoms with Crippen molar-refractivity contribution in [1.29, 1.82) is 0 Å². The molecule has 1 spiro atoms. The number of para-hydroxylation sites is 2. The summed E-state index contributed by atoms with van der Waals surface area (Å²) in [6, 6.07) is 113. The van der Waals surface area contributed by atoms with Gasteiger partial charge < -0.3 is 4.57 Å². The first-order valence-electron chi connectivity index (χ1n) is 29.8. The van der Waals surface area contributed by atoms with Crippen molar-refractivity contribution in [3.63, 3.8) is 0 Å². The topological polar surface area (TPSA) is 48.5 Å². The van der Waals surface area contributed by atoms with Crippen LogP contribution in [-0.4, -0.2) is 24.1 Å². The van der Waals surface area contributed by atoms with Crippen molar-refractivity contribution in [3.8, 4) is 101 Å². The van der Waals surface area contributed by atoms with Crippen LogP contribution in [0.2, 0.25) is 0 Å². The van der Waals surface area contributed by atoms with E-state index in [-0.39, 0.29) is 0 Å². The largest absolute Gasteiger partial charge is 0.309 e. The van der Waals surface area contributed by atoms with Crippen LogP contribution in [0.3, 0.4) is 0 Å². The van der Waals surface area contributed by atoms with Crippen LogP contribution in [0.4, 0.5) is 0 Å². The van der Waals surface area contributed by atoms with E-state index in [0.717, 1.165) is 83.1 Å². The van der Waals surface area contributed by atoms with Crippen molar-refractivity contribution in [3.05, 3.63) is 332 Å². The van der Waals surface area contributed by atoms with Gasteiger partial charge in [-0.25, -0.2) is 4.98 Å². The fourth-order valence-corrected chi connectivity index (χ4v) is 14.6. The van der Waals surface area contributed by atoms with Crippen LogP contribution in [0.25, 0.3) is 145 Å². The third kappa shape index (κ3) is 7.43. The molecule has 0 radical (unpaired) electrons. The maximum Gasteiger partial charge on any atom is 0.238 e. The maximum absolute atomic E-state index is 5.69. The van der Waals surface area contributed by atoms with E-state index < -0.39 is 5.41 Å². The smallest absolute Gasteiger partial charge is 0.238 e. The van der Waals surface area contributed by atoms with E-state index in [4.69, 9.17) is 15.0 Å². The molecule has 0 amide bonds. The Kier molecular flexibility index (Phi) is 10.8. The van der Waals surface area contributed by atoms with Crippen molar-refractivity contribution in [1.82, 2.24) is 24.1 Å². The highest BCUT2D eigenvalue weighted by Crippen LogP contribution is 2.64. The number of nitrogens with zero attached hydrogens (tertiary/aromatic N) is 5.